The summed E-state index contributed by atoms with van der Waals surface area (Å²) < 4.78 is 13.1. The highest BCUT2D eigenvalue weighted by atomic mass is 16.5. The van der Waals surface area contributed by atoms with Gasteiger partial charge in [0.1, 0.15) is 0 Å². The van der Waals surface area contributed by atoms with Crippen molar-refractivity contribution in [2.24, 2.45) is 11.8 Å². The van der Waals surface area contributed by atoms with Gasteiger partial charge in [-0.2, -0.15) is 0 Å². The van der Waals surface area contributed by atoms with Crippen molar-refractivity contribution in [3.8, 4) is 0 Å². The van der Waals surface area contributed by atoms with E-state index in [1.165, 1.54) is 28.1 Å². The second-order valence-electron chi connectivity index (χ2n) is 8.31. The van der Waals surface area contributed by atoms with Gasteiger partial charge in [0, 0.05) is 17.9 Å². The van der Waals surface area contributed by atoms with E-state index in [-0.39, 0.29) is 23.8 Å². The minimum Gasteiger partial charge on any atom is -0.466 e. The summed E-state index contributed by atoms with van der Waals surface area (Å²) in [6, 6.07) is 10.5. The van der Waals surface area contributed by atoms with Gasteiger partial charge in [-0.3, -0.25) is 9.59 Å². The summed E-state index contributed by atoms with van der Waals surface area (Å²) in [5, 5.41) is 0. The molecule has 0 N–H and O–H groups in total. The van der Waals surface area contributed by atoms with Crippen molar-refractivity contribution in [3.05, 3.63) is 58.4 Å². The van der Waals surface area contributed by atoms with Crippen LogP contribution in [0.4, 0.5) is 0 Å². The summed E-state index contributed by atoms with van der Waals surface area (Å²) in [6.45, 7) is 5.38. The first-order chi connectivity index (χ1) is 14.6. The molecule has 5 heteroatoms. The molecular formula is C25H31NO4. The predicted octanol–water partition coefficient (Wildman–Crippen LogP) is 3.87. The summed E-state index contributed by atoms with van der Waals surface area (Å²) in [7, 11) is 0. The van der Waals surface area contributed by atoms with Crippen molar-refractivity contribution in [2.75, 3.05) is 13.2 Å². The Labute approximate surface area is 178 Å². The van der Waals surface area contributed by atoms with E-state index >= 15 is 0 Å². The third kappa shape index (κ3) is 4.03. The second kappa shape index (κ2) is 9.07. The fraction of sp³-hybridized carbons (Fsp3) is 0.520. The number of hydrogen-bond donors (Lipinski definition) is 0. The van der Waals surface area contributed by atoms with Crippen LogP contribution in [0.25, 0.3) is 0 Å². The quantitative estimate of drug-likeness (QED) is 0.680. The van der Waals surface area contributed by atoms with Gasteiger partial charge in [0.15, 0.2) is 0 Å². The molecule has 0 radical (unpaired) electrons. The molecule has 160 valence electrons. The van der Waals surface area contributed by atoms with Crippen LogP contribution in [0.3, 0.4) is 0 Å². The number of nitrogens with zero attached hydrogens (tertiary/aromatic N) is 1. The Hall–Kier alpha value is -2.56. The zero-order valence-corrected chi connectivity index (χ0v) is 18.0. The molecule has 2 aliphatic rings. The highest BCUT2D eigenvalue weighted by Crippen LogP contribution is 2.39. The first-order valence-corrected chi connectivity index (χ1v) is 11.2. The van der Waals surface area contributed by atoms with Crippen LogP contribution >= 0.6 is 0 Å². The standard InChI is InChI=1S/C25H31NO4/c1-3-29-24(27)18-10-12-22-20(14-18)21-15-19(25(28)30-4-2)11-13-23(21)26(22)16-17-8-6-5-7-9-17/h5-9,18-19H,3-4,10-16H2,1-2H3. The molecule has 2 aromatic rings. The van der Waals surface area contributed by atoms with Crippen molar-refractivity contribution in [1.82, 2.24) is 4.57 Å². The van der Waals surface area contributed by atoms with Crippen LogP contribution in [0.2, 0.25) is 0 Å². The molecule has 0 amide bonds. The van der Waals surface area contributed by atoms with Crippen LogP contribution in [-0.2, 0) is 51.3 Å². The minimum absolute atomic E-state index is 0.0860. The number of carbonyl (C=O) groups is 2. The maximum Gasteiger partial charge on any atom is 0.309 e. The van der Waals surface area contributed by atoms with Crippen molar-refractivity contribution in [1.29, 1.82) is 0 Å². The monoisotopic (exact) mass is 409 g/mol. The molecule has 0 saturated carbocycles. The second-order valence-corrected chi connectivity index (χ2v) is 8.31. The van der Waals surface area contributed by atoms with Crippen LogP contribution in [0.1, 0.15) is 54.8 Å². The largest absolute Gasteiger partial charge is 0.466 e. The van der Waals surface area contributed by atoms with Gasteiger partial charge in [0.25, 0.3) is 0 Å². The highest BCUT2D eigenvalue weighted by molar-refractivity contribution is 5.75. The highest BCUT2D eigenvalue weighted by Gasteiger charge is 2.36. The number of benzene rings is 1. The van der Waals surface area contributed by atoms with Gasteiger partial charge in [0.2, 0.25) is 0 Å². The number of aromatic nitrogens is 1. The number of rotatable bonds is 6. The van der Waals surface area contributed by atoms with E-state index in [4.69, 9.17) is 9.47 Å². The van der Waals surface area contributed by atoms with Crippen LogP contribution < -0.4 is 0 Å². The van der Waals surface area contributed by atoms with Gasteiger partial charge in [-0.15, -0.1) is 0 Å². The van der Waals surface area contributed by atoms with Crippen molar-refractivity contribution in [3.63, 3.8) is 0 Å². The molecule has 1 aromatic carbocycles. The fourth-order valence-corrected chi connectivity index (χ4v) is 5.09. The van der Waals surface area contributed by atoms with Gasteiger partial charge in [-0.25, -0.2) is 0 Å². The Kier molecular flexibility index (Phi) is 6.26. The molecule has 4 rings (SSSR count). The number of carbonyl (C=O) groups excluding carboxylic acids is 2. The van der Waals surface area contributed by atoms with Crippen LogP contribution in [0.5, 0.6) is 0 Å². The molecule has 2 atom stereocenters. The van der Waals surface area contributed by atoms with Crippen LogP contribution in [0, 0.1) is 11.8 Å². The van der Waals surface area contributed by atoms with Gasteiger partial charge in [0.05, 0.1) is 25.0 Å². The SMILES string of the molecule is CCOC(=O)C1CCc2c(c3c(n2Cc2ccccc2)CCC(C(=O)OCC)C3)C1. The summed E-state index contributed by atoms with van der Waals surface area (Å²) in [5.41, 5.74) is 6.51. The first kappa shape index (κ1) is 20.7. The maximum atomic E-state index is 12.4. The molecule has 0 saturated heterocycles. The van der Waals surface area contributed by atoms with E-state index in [1.54, 1.807) is 0 Å². The van der Waals surface area contributed by atoms with E-state index in [0.717, 1.165) is 32.2 Å². The molecule has 30 heavy (non-hydrogen) atoms. The Bertz CT molecular complexity index is 861. The van der Waals surface area contributed by atoms with Gasteiger partial charge in [-0.1, -0.05) is 30.3 Å². The maximum absolute atomic E-state index is 12.4. The Morgan fingerprint density at radius 1 is 0.867 bits per heavy atom. The molecule has 5 nitrogen and oxygen atoms in total. The third-order valence-corrected chi connectivity index (χ3v) is 6.50. The van der Waals surface area contributed by atoms with Gasteiger partial charge >= 0.3 is 11.9 Å². The summed E-state index contributed by atoms with van der Waals surface area (Å²) >= 11 is 0. The molecule has 1 heterocycles. The first-order valence-electron chi connectivity index (χ1n) is 11.2. The lowest BCUT2D eigenvalue weighted by molar-refractivity contribution is -0.149. The summed E-state index contributed by atoms with van der Waals surface area (Å²) in [6.07, 6.45) is 4.84. The topological polar surface area (TPSA) is 57.5 Å². The molecule has 2 unspecified atom stereocenters. The molecule has 0 spiro atoms. The molecular weight excluding hydrogens is 378 g/mol. The zero-order chi connectivity index (χ0) is 21.1. The Morgan fingerprint density at radius 3 is 1.83 bits per heavy atom. The van der Waals surface area contributed by atoms with Crippen LogP contribution in [-0.4, -0.2) is 29.7 Å². The lowest BCUT2D eigenvalue weighted by atomic mass is 9.80. The minimum atomic E-state index is -0.0922. The predicted molar refractivity (Wildman–Crippen MR) is 114 cm³/mol. The summed E-state index contributed by atoms with van der Waals surface area (Å²) in [4.78, 5) is 24.9. The van der Waals surface area contributed by atoms with E-state index in [1.807, 2.05) is 19.9 Å². The van der Waals surface area contributed by atoms with E-state index < -0.39 is 0 Å². The number of fused-ring (bicyclic) bond motifs is 3. The lowest BCUT2D eigenvalue weighted by Gasteiger charge is -2.24. The van der Waals surface area contributed by atoms with Crippen molar-refractivity contribution in [2.45, 2.75) is 58.9 Å². The van der Waals surface area contributed by atoms with Crippen molar-refractivity contribution >= 4 is 11.9 Å². The lowest BCUT2D eigenvalue weighted by Crippen LogP contribution is -2.27. The molecule has 0 aliphatic heterocycles. The van der Waals surface area contributed by atoms with E-state index in [0.29, 0.717) is 26.1 Å². The normalized spacial score (nSPS) is 20.2. The molecule has 2 aliphatic carbocycles. The van der Waals surface area contributed by atoms with Crippen LogP contribution in [0.15, 0.2) is 30.3 Å². The number of ether oxygens (including phenoxy) is 2. The Balaban J connectivity index is 1.69. The third-order valence-electron chi connectivity index (χ3n) is 6.50. The van der Waals surface area contributed by atoms with Crippen molar-refractivity contribution < 1.29 is 19.1 Å². The average Bonchev–Trinajstić information content (AvgIpc) is 3.07. The zero-order valence-electron chi connectivity index (χ0n) is 18.0. The number of hydrogen-bond acceptors (Lipinski definition) is 4. The summed E-state index contributed by atoms with van der Waals surface area (Å²) in [5.74, 6) is -0.356. The van der Waals surface area contributed by atoms with Gasteiger partial charge < -0.3 is 14.0 Å². The van der Waals surface area contributed by atoms with E-state index in [2.05, 4.69) is 28.8 Å². The van der Waals surface area contributed by atoms with E-state index in [9.17, 15) is 9.59 Å². The molecule has 0 bridgehead atoms. The molecule has 1 aromatic heterocycles. The number of esters is 2. The van der Waals surface area contributed by atoms with Gasteiger partial charge in [-0.05, 0) is 69.1 Å². The fourth-order valence-electron chi connectivity index (χ4n) is 5.09. The average molecular weight is 410 g/mol. The Morgan fingerprint density at radius 2 is 1.37 bits per heavy atom. The smallest absolute Gasteiger partial charge is 0.309 e. The molecule has 0 fully saturated rings.